The first kappa shape index (κ1) is 20.2. The predicted octanol–water partition coefficient (Wildman–Crippen LogP) is 7.65. The van der Waals surface area contributed by atoms with Gasteiger partial charge in [0, 0.05) is 29.2 Å². The van der Waals surface area contributed by atoms with Gasteiger partial charge in [-0.2, -0.15) is 0 Å². The Balaban J connectivity index is 1.47. The van der Waals surface area contributed by atoms with Gasteiger partial charge < -0.3 is 4.74 Å². The van der Waals surface area contributed by atoms with Crippen LogP contribution in [0.4, 0.5) is 0 Å². The SMILES string of the molecule is Cc1cnc(Oc2cccc(-c3ccc4c5ccccc5n(-c5ccccn5)c4c3)c2)cc1C. The molecule has 0 amide bonds. The number of hydrogen-bond donors (Lipinski definition) is 0. The van der Waals surface area contributed by atoms with Gasteiger partial charge in [-0.3, -0.25) is 4.57 Å². The van der Waals surface area contributed by atoms with Gasteiger partial charge >= 0.3 is 0 Å². The number of hydrogen-bond acceptors (Lipinski definition) is 3. The number of aromatic nitrogens is 3. The largest absolute Gasteiger partial charge is 0.439 e. The zero-order valence-electron chi connectivity index (χ0n) is 19.1. The van der Waals surface area contributed by atoms with E-state index in [0.717, 1.165) is 44.9 Å². The summed E-state index contributed by atoms with van der Waals surface area (Å²) in [6.07, 6.45) is 3.68. The standard InChI is InChI=1S/C30H23N3O/c1-20-16-30(32-19-21(20)2)34-24-9-7-8-22(17-24)23-13-14-26-25-10-3-4-11-27(25)33(28(26)18-23)29-12-5-6-15-31-29/h3-19H,1-2H3. The number of ether oxygens (including phenoxy) is 1. The van der Waals surface area contributed by atoms with Crippen LogP contribution in [-0.2, 0) is 0 Å². The minimum atomic E-state index is 0.603. The lowest BCUT2D eigenvalue weighted by molar-refractivity contribution is 0.462. The number of fused-ring (bicyclic) bond motifs is 3. The van der Waals surface area contributed by atoms with Crippen LogP contribution in [0, 0.1) is 13.8 Å². The van der Waals surface area contributed by atoms with Gasteiger partial charge in [-0.1, -0.05) is 48.5 Å². The fourth-order valence-corrected chi connectivity index (χ4v) is 4.40. The van der Waals surface area contributed by atoms with E-state index in [1.165, 1.54) is 10.8 Å². The molecule has 0 bridgehead atoms. The molecule has 34 heavy (non-hydrogen) atoms. The Morgan fingerprint density at radius 3 is 2.32 bits per heavy atom. The molecule has 3 aromatic carbocycles. The van der Waals surface area contributed by atoms with E-state index in [2.05, 4.69) is 76.1 Å². The van der Waals surface area contributed by atoms with E-state index in [4.69, 9.17) is 4.74 Å². The van der Waals surface area contributed by atoms with Crippen molar-refractivity contribution in [2.75, 3.05) is 0 Å². The van der Waals surface area contributed by atoms with E-state index in [-0.39, 0.29) is 0 Å². The number of benzene rings is 3. The molecule has 0 aliphatic rings. The second-order valence-electron chi connectivity index (χ2n) is 8.51. The van der Waals surface area contributed by atoms with Crippen molar-refractivity contribution >= 4 is 21.8 Å². The molecule has 0 atom stereocenters. The highest BCUT2D eigenvalue weighted by molar-refractivity contribution is 6.10. The fraction of sp³-hybridized carbons (Fsp3) is 0.0667. The van der Waals surface area contributed by atoms with Crippen LogP contribution in [0.1, 0.15) is 11.1 Å². The predicted molar refractivity (Wildman–Crippen MR) is 138 cm³/mol. The monoisotopic (exact) mass is 441 g/mol. The normalized spacial score (nSPS) is 11.2. The van der Waals surface area contributed by atoms with Crippen LogP contribution in [0.15, 0.2) is 103 Å². The number of pyridine rings is 2. The number of aryl methyl sites for hydroxylation is 2. The van der Waals surface area contributed by atoms with Crippen molar-refractivity contribution in [1.82, 2.24) is 14.5 Å². The van der Waals surface area contributed by atoms with Gasteiger partial charge in [-0.25, -0.2) is 9.97 Å². The van der Waals surface area contributed by atoms with Crippen molar-refractivity contribution in [3.05, 3.63) is 115 Å². The van der Waals surface area contributed by atoms with Crippen LogP contribution in [0.25, 0.3) is 38.8 Å². The zero-order chi connectivity index (χ0) is 23.1. The molecule has 6 rings (SSSR count). The van der Waals surface area contributed by atoms with E-state index in [1.54, 1.807) is 0 Å². The van der Waals surface area contributed by atoms with Crippen molar-refractivity contribution in [3.8, 4) is 28.6 Å². The molecule has 3 aromatic heterocycles. The number of nitrogens with zero attached hydrogens (tertiary/aromatic N) is 3. The van der Waals surface area contributed by atoms with Crippen LogP contribution >= 0.6 is 0 Å². The maximum atomic E-state index is 6.08. The lowest BCUT2D eigenvalue weighted by Gasteiger charge is -2.10. The van der Waals surface area contributed by atoms with E-state index in [1.807, 2.05) is 55.7 Å². The summed E-state index contributed by atoms with van der Waals surface area (Å²) >= 11 is 0. The Bertz CT molecular complexity index is 1650. The molecule has 164 valence electrons. The van der Waals surface area contributed by atoms with Gasteiger partial charge in [0.15, 0.2) is 0 Å². The third-order valence-corrected chi connectivity index (χ3v) is 6.29. The Morgan fingerprint density at radius 2 is 1.47 bits per heavy atom. The van der Waals surface area contributed by atoms with Crippen molar-refractivity contribution in [2.45, 2.75) is 13.8 Å². The first-order valence-corrected chi connectivity index (χ1v) is 11.3. The van der Waals surface area contributed by atoms with Gasteiger partial charge in [-0.05, 0) is 72.5 Å². The first-order valence-electron chi connectivity index (χ1n) is 11.3. The molecule has 0 saturated carbocycles. The van der Waals surface area contributed by atoms with Crippen molar-refractivity contribution < 1.29 is 4.74 Å². The van der Waals surface area contributed by atoms with Crippen LogP contribution < -0.4 is 4.74 Å². The Hall–Kier alpha value is -4.44. The molecule has 0 aliphatic heterocycles. The lowest BCUT2D eigenvalue weighted by atomic mass is 10.0. The highest BCUT2D eigenvalue weighted by atomic mass is 16.5. The Morgan fingerprint density at radius 1 is 0.647 bits per heavy atom. The van der Waals surface area contributed by atoms with Gasteiger partial charge in [0.05, 0.1) is 11.0 Å². The summed E-state index contributed by atoms with van der Waals surface area (Å²) in [5.74, 6) is 2.27. The van der Waals surface area contributed by atoms with Crippen molar-refractivity contribution in [2.24, 2.45) is 0 Å². The fourth-order valence-electron chi connectivity index (χ4n) is 4.40. The molecule has 4 heteroatoms. The van der Waals surface area contributed by atoms with E-state index < -0.39 is 0 Å². The first-order chi connectivity index (χ1) is 16.7. The number of para-hydroxylation sites is 1. The highest BCUT2D eigenvalue weighted by Gasteiger charge is 2.14. The topological polar surface area (TPSA) is 39.9 Å². The summed E-state index contributed by atoms with van der Waals surface area (Å²) in [7, 11) is 0. The third-order valence-electron chi connectivity index (χ3n) is 6.29. The number of rotatable bonds is 4. The molecule has 3 heterocycles. The van der Waals surface area contributed by atoms with Crippen molar-refractivity contribution in [3.63, 3.8) is 0 Å². The molecule has 0 spiro atoms. The molecular weight excluding hydrogens is 418 g/mol. The Labute approximate surface area is 198 Å². The summed E-state index contributed by atoms with van der Waals surface area (Å²) in [5.41, 5.74) is 6.78. The molecule has 0 unspecified atom stereocenters. The van der Waals surface area contributed by atoms with Crippen LogP contribution in [0.2, 0.25) is 0 Å². The average molecular weight is 442 g/mol. The molecule has 4 nitrogen and oxygen atoms in total. The van der Waals surface area contributed by atoms with Gasteiger partial charge in [0.1, 0.15) is 11.6 Å². The minimum Gasteiger partial charge on any atom is -0.439 e. The van der Waals surface area contributed by atoms with Crippen LogP contribution in [0.5, 0.6) is 11.6 Å². The average Bonchev–Trinajstić information content (AvgIpc) is 3.21. The lowest BCUT2D eigenvalue weighted by Crippen LogP contribution is -1.96. The van der Waals surface area contributed by atoms with E-state index in [9.17, 15) is 0 Å². The van der Waals surface area contributed by atoms with Gasteiger partial charge in [0.25, 0.3) is 0 Å². The maximum Gasteiger partial charge on any atom is 0.219 e. The summed E-state index contributed by atoms with van der Waals surface area (Å²) < 4.78 is 8.31. The molecule has 0 saturated heterocycles. The molecule has 0 aliphatic carbocycles. The summed E-state index contributed by atoms with van der Waals surface area (Å²) in [4.78, 5) is 9.05. The van der Waals surface area contributed by atoms with Crippen LogP contribution in [-0.4, -0.2) is 14.5 Å². The van der Waals surface area contributed by atoms with Gasteiger partial charge in [-0.15, -0.1) is 0 Å². The summed E-state index contributed by atoms with van der Waals surface area (Å²) in [6, 6.07) is 31.2. The second kappa shape index (κ2) is 8.16. The minimum absolute atomic E-state index is 0.603. The van der Waals surface area contributed by atoms with E-state index >= 15 is 0 Å². The molecule has 6 aromatic rings. The highest BCUT2D eigenvalue weighted by Crippen LogP contribution is 2.35. The van der Waals surface area contributed by atoms with Gasteiger partial charge in [0.2, 0.25) is 5.88 Å². The maximum absolute atomic E-state index is 6.08. The van der Waals surface area contributed by atoms with Crippen molar-refractivity contribution in [1.29, 1.82) is 0 Å². The molecular formula is C30H23N3O. The third kappa shape index (κ3) is 3.50. The second-order valence-corrected chi connectivity index (χ2v) is 8.51. The van der Waals surface area contributed by atoms with Crippen LogP contribution in [0.3, 0.4) is 0 Å². The molecule has 0 N–H and O–H groups in total. The summed E-state index contributed by atoms with van der Waals surface area (Å²) in [6.45, 7) is 4.11. The summed E-state index contributed by atoms with van der Waals surface area (Å²) in [5, 5.41) is 2.42. The molecule has 0 radical (unpaired) electrons. The smallest absolute Gasteiger partial charge is 0.219 e. The quantitative estimate of drug-likeness (QED) is 0.282. The zero-order valence-corrected chi connectivity index (χ0v) is 19.1. The van der Waals surface area contributed by atoms with E-state index in [0.29, 0.717) is 5.88 Å². The molecule has 0 fully saturated rings. The Kier molecular flexibility index (Phi) is 4.84.